The van der Waals surface area contributed by atoms with E-state index in [2.05, 4.69) is 0 Å². The van der Waals surface area contributed by atoms with Crippen LogP contribution in [0.15, 0.2) is 54.4 Å². The lowest BCUT2D eigenvalue weighted by molar-refractivity contribution is -0.0117. The molecule has 0 amide bonds. The van der Waals surface area contributed by atoms with Gasteiger partial charge in [0.15, 0.2) is 0 Å². The molecular weight excluding hydrogens is 318 g/mol. The molecule has 128 valence electrons. The van der Waals surface area contributed by atoms with Gasteiger partial charge in [0.25, 0.3) is 0 Å². The van der Waals surface area contributed by atoms with Crippen molar-refractivity contribution in [2.45, 2.75) is 37.6 Å². The number of halogens is 1. The van der Waals surface area contributed by atoms with Crippen LogP contribution in [0.3, 0.4) is 0 Å². The van der Waals surface area contributed by atoms with Gasteiger partial charge in [-0.2, -0.15) is 0 Å². The highest BCUT2D eigenvalue weighted by Crippen LogP contribution is 2.34. The van der Waals surface area contributed by atoms with E-state index in [1.54, 1.807) is 0 Å². The van der Waals surface area contributed by atoms with Crippen molar-refractivity contribution in [3.8, 4) is 0 Å². The van der Waals surface area contributed by atoms with E-state index in [1.165, 1.54) is 0 Å². The fourth-order valence-electron chi connectivity index (χ4n) is 1.62. The molecule has 2 aromatic carbocycles. The largest absolute Gasteiger partial charge is 0.366 e. The number of nitrogens with zero attached hydrogens (tertiary/aromatic N) is 1. The molecule has 1 aliphatic rings. The second kappa shape index (κ2) is 7.69. The van der Waals surface area contributed by atoms with Crippen LogP contribution in [0, 0.1) is 0 Å². The van der Waals surface area contributed by atoms with Gasteiger partial charge in [-0.15, -0.1) is 0 Å². The topological polar surface area (TPSA) is 12.5 Å². The van der Waals surface area contributed by atoms with Crippen LogP contribution in [0.25, 0.3) is 0 Å². The number of hydrogen-bond donors (Lipinski definition) is 0. The van der Waals surface area contributed by atoms with Crippen LogP contribution in [-0.4, -0.2) is 30.9 Å². The van der Waals surface area contributed by atoms with Gasteiger partial charge in [-0.3, -0.25) is 0 Å². The first-order valence-electron chi connectivity index (χ1n) is 19.3. The van der Waals surface area contributed by atoms with Crippen molar-refractivity contribution in [3.05, 3.63) is 70.5 Å². The van der Waals surface area contributed by atoms with Crippen LogP contribution in [0.4, 0.5) is 0 Å². The molecule has 1 heterocycles. The van der Waals surface area contributed by atoms with Crippen LogP contribution in [-0.2, 0) is 10.3 Å². The van der Waals surface area contributed by atoms with Gasteiger partial charge in [-0.1, -0.05) is 53.9 Å². The van der Waals surface area contributed by atoms with Crippen LogP contribution in [0.5, 0.6) is 0 Å². The van der Waals surface area contributed by atoms with Gasteiger partial charge in [0.2, 0.25) is 0 Å². The summed E-state index contributed by atoms with van der Waals surface area (Å²) >= 11 is 5.87. The first-order chi connectivity index (χ1) is 21.9. The number of ether oxygens (including phenoxy) is 1. The summed E-state index contributed by atoms with van der Waals surface area (Å²) in [6.45, 7) is -17.4. The lowest BCUT2D eigenvalue weighted by Gasteiger charge is -2.32. The molecule has 2 aromatic rings. The maximum Gasteiger partial charge on any atom is 0.115 e. The van der Waals surface area contributed by atoms with Crippen molar-refractivity contribution in [2.24, 2.45) is 0 Å². The maximum atomic E-state index is 8.87. The zero-order chi connectivity index (χ0) is 39.7. The standard InChI is InChI=1S/C21H26ClNO/c1-21(17-7-4-3-5-8-17,18-10-12-19(22)13-11-18)24-16-14-20-9-6-15-23(20)2/h3-5,7-8,10-13,20H,6,9,14-16H2,1-2H3/i1D3,2D3,3D,4D,5D,6D2,7D,8D,9D2,10D,11D,12D,13D,14D2,15D2,16D2,20D. The van der Waals surface area contributed by atoms with Crippen molar-refractivity contribution < 1.29 is 40.4 Å². The summed E-state index contributed by atoms with van der Waals surface area (Å²) in [6, 6.07) is -16.9. The van der Waals surface area contributed by atoms with Crippen LogP contribution in [0.2, 0.25) is 5.02 Å². The minimum Gasteiger partial charge on any atom is -0.366 e. The molecule has 0 saturated carbocycles. The molecule has 2 atom stereocenters. The first-order valence-corrected chi connectivity index (χ1v) is 6.65. The Bertz CT molecular complexity index is 1600. The van der Waals surface area contributed by atoms with Gasteiger partial charge < -0.3 is 9.64 Å². The monoisotopic (exact) mass is 369 g/mol. The molecule has 0 aliphatic carbocycles. The van der Waals surface area contributed by atoms with E-state index in [0.717, 1.165) is 0 Å². The summed E-state index contributed by atoms with van der Waals surface area (Å²) in [6.07, 6.45) is -13.3. The van der Waals surface area contributed by atoms with E-state index >= 15 is 0 Å². The highest BCUT2D eigenvalue weighted by molar-refractivity contribution is 6.30. The Hall–Kier alpha value is -1.35. The molecule has 0 N–H and O–H groups in total. The fourth-order valence-corrected chi connectivity index (χ4v) is 1.71. The second-order valence-corrected chi connectivity index (χ2v) is 4.62. The van der Waals surface area contributed by atoms with Gasteiger partial charge in [0.1, 0.15) is 5.60 Å². The van der Waals surface area contributed by atoms with Gasteiger partial charge in [0.05, 0.1) is 15.1 Å². The van der Waals surface area contributed by atoms with E-state index in [1.807, 2.05) is 0 Å². The molecule has 2 unspecified atom stereocenters. The highest BCUT2D eigenvalue weighted by Gasteiger charge is 2.30. The third-order valence-electron chi connectivity index (χ3n) is 2.74. The zero-order valence-electron chi connectivity index (χ0n) is 37.7. The summed E-state index contributed by atoms with van der Waals surface area (Å²) in [7, 11) is 0. The molecule has 0 aromatic heterocycles. The third-order valence-corrected chi connectivity index (χ3v) is 2.93. The van der Waals surface area contributed by atoms with Gasteiger partial charge >= 0.3 is 0 Å². The lowest BCUT2D eigenvalue weighted by atomic mass is 9.88. The maximum absolute atomic E-state index is 8.87. The van der Waals surface area contributed by atoms with Gasteiger partial charge in [-0.05, 0) is 62.7 Å². The Labute approximate surface area is 186 Å². The van der Waals surface area contributed by atoms with Crippen molar-refractivity contribution >= 4 is 11.6 Å². The van der Waals surface area contributed by atoms with E-state index in [4.69, 9.17) is 52.0 Å². The quantitative estimate of drug-likeness (QED) is 0.701. The molecule has 1 saturated heterocycles. The van der Waals surface area contributed by atoms with Crippen LogP contribution >= 0.6 is 11.6 Å². The van der Waals surface area contributed by atoms with E-state index < -0.39 is 133 Å². The number of rotatable bonds is 6. The minimum absolute atomic E-state index is 0.923. The molecule has 24 heavy (non-hydrogen) atoms. The zero-order valence-corrected chi connectivity index (χ0v) is 12.5. The number of likely N-dealkylation sites (tertiary alicyclic amines) is 1. The summed E-state index contributed by atoms with van der Waals surface area (Å²) in [5, 5.41) is -0.954. The Morgan fingerprint density at radius 1 is 1.33 bits per heavy atom. The molecule has 3 heteroatoms. The summed E-state index contributed by atoms with van der Waals surface area (Å²) in [5.74, 6) is 0. The normalized spacial score (nSPS) is 48.2. The molecule has 3 rings (SSSR count). The van der Waals surface area contributed by atoms with E-state index in [0.29, 0.717) is 0 Å². The Kier molecular flexibility index (Phi) is 1.33. The molecular formula is C21H26ClNO. The molecule has 2 nitrogen and oxygen atoms in total. The number of hydrogen-bond acceptors (Lipinski definition) is 2. The molecule has 1 fully saturated rings. The van der Waals surface area contributed by atoms with Crippen LogP contribution < -0.4 is 0 Å². The SMILES string of the molecule is [2H]c1c([2H])c([2H])c(C(OC([2H])([2H])C([2H])([2H])C2([2H])N(C([2H])([2H])[2H])C([2H])([2H])C([2H])([2H])C2([2H])[2H])(c2c([2H])c([2H])c(Cl)c([2H])c2[2H])C([2H])([2H])[2H])c([2H])c1[2H]. The van der Waals surface area contributed by atoms with E-state index in [-0.39, 0.29) is 0 Å². The first kappa shape index (κ1) is 4.14. The summed E-state index contributed by atoms with van der Waals surface area (Å²) < 4.78 is 222. The number of benzene rings is 2. The smallest absolute Gasteiger partial charge is 0.115 e. The molecule has 0 bridgehead atoms. The lowest BCUT2D eigenvalue weighted by Crippen LogP contribution is -2.31. The van der Waals surface area contributed by atoms with Crippen molar-refractivity contribution in [3.63, 3.8) is 0 Å². The molecule has 0 radical (unpaired) electrons. The fraction of sp³-hybridized carbons (Fsp3) is 0.429. The predicted molar refractivity (Wildman–Crippen MR) is 101 cm³/mol. The summed E-state index contributed by atoms with van der Waals surface area (Å²) in [5.41, 5.74) is -7.54. The Morgan fingerprint density at radius 3 is 2.79 bits per heavy atom. The summed E-state index contributed by atoms with van der Waals surface area (Å²) in [4.78, 5) is -0.923. The minimum atomic E-state index is -4.79. The highest BCUT2D eigenvalue weighted by atomic mass is 35.5. The van der Waals surface area contributed by atoms with Crippen molar-refractivity contribution in [1.29, 1.82) is 0 Å². The van der Waals surface area contributed by atoms with Gasteiger partial charge in [0, 0.05) is 38.2 Å². The average molecular weight is 370 g/mol. The van der Waals surface area contributed by atoms with Crippen LogP contribution in [0.1, 0.15) is 72.7 Å². The average Bonchev–Trinajstić information content (AvgIpc) is 3.03. The molecule has 1 aliphatic heterocycles. The Balaban J connectivity index is 2.70. The predicted octanol–water partition coefficient (Wildman–Crippen LogP) is 5.10. The third kappa shape index (κ3) is 3.83. The second-order valence-electron chi connectivity index (χ2n) is 4.25. The van der Waals surface area contributed by atoms with Crippen molar-refractivity contribution in [2.75, 3.05) is 20.0 Å². The Morgan fingerprint density at radius 2 is 2.08 bits per heavy atom. The van der Waals surface area contributed by atoms with Gasteiger partial charge in [-0.25, -0.2) is 0 Å². The molecule has 0 spiro atoms. The van der Waals surface area contributed by atoms with Crippen molar-refractivity contribution in [1.82, 2.24) is 4.90 Å². The van der Waals surface area contributed by atoms with E-state index in [9.17, 15) is 0 Å².